The second kappa shape index (κ2) is 4.94. The van der Waals surface area contributed by atoms with Crippen molar-refractivity contribution in [2.24, 2.45) is 0 Å². The Bertz CT molecular complexity index is 386. The first-order valence-corrected chi connectivity index (χ1v) is 7.77. The molecule has 1 aliphatic carbocycles. The first kappa shape index (κ1) is 12.8. The van der Waals surface area contributed by atoms with Crippen LogP contribution in [0.25, 0.3) is 0 Å². The van der Waals surface area contributed by atoms with Crippen LogP contribution in [0, 0.1) is 0 Å². The number of carboxylic acids is 1. The summed E-state index contributed by atoms with van der Waals surface area (Å²) in [5.41, 5.74) is 0. The molecule has 1 atom stereocenters. The first-order valence-electron chi connectivity index (χ1n) is 6.27. The van der Waals surface area contributed by atoms with E-state index in [4.69, 9.17) is 5.11 Å². The molecule has 0 spiro atoms. The molecule has 0 aromatic heterocycles. The Labute approximate surface area is 102 Å². The smallest absolute Gasteiger partial charge is 0.322 e. The fourth-order valence-corrected chi connectivity index (χ4v) is 5.09. The Morgan fingerprint density at radius 3 is 2.29 bits per heavy atom. The highest BCUT2D eigenvalue weighted by molar-refractivity contribution is 7.89. The lowest BCUT2D eigenvalue weighted by Gasteiger charge is -2.29. The third-order valence-electron chi connectivity index (χ3n) is 3.79. The molecule has 0 aromatic carbocycles. The molecule has 17 heavy (non-hydrogen) atoms. The molecule has 1 saturated heterocycles. The molecule has 0 amide bonds. The second-order valence-corrected chi connectivity index (χ2v) is 7.08. The van der Waals surface area contributed by atoms with Crippen molar-refractivity contribution in [1.29, 1.82) is 0 Å². The van der Waals surface area contributed by atoms with E-state index in [1.165, 1.54) is 4.31 Å². The zero-order valence-electron chi connectivity index (χ0n) is 9.84. The Balaban J connectivity index is 2.16. The molecule has 6 heteroatoms. The number of hydrogen-bond acceptors (Lipinski definition) is 3. The summed E-state index contributed by atoms with van der Waals surface area (Å²) in [5, 5.41) is 8.69. The van der Waals surface area contributed by atoms with Gasteiger partial charge in [0.2, 0.25) is 10.0 Å². The van der Waals surface area contributed by atoms with Gasteiger partial charge in [0, 0.05) is 6.54 Å². The van der Waals surface area contributed by atoms with Crippen molar-refractivity contribution in [3.05, 3.63) is 0 Å². The summed E-state index contributed by atoms with van der Waals surface area (Å²) < 4.78 is 26.0. The Morgan fingerprint density at radius 1 is 1.06 bits per heavy atom. The van der Waals surface area contributed by atoms with Crippen LogP contribution in [0.1, 0.15) is 44.9 Å². The van der Waals surface area contributed by atoms with Gasteiger partial charge in [-0.2, -0.15) is 4.31 Å². The lowest BCUT2D eigenvalue weighted by Crippen LogP contribution is -2.45. The fraction of sp³-hybridized carbons (Fsp3) is 0.909. The topological polar surface area (TPSA) is 74.7 Å². The summed E-state index contributed by atoms with van der Waals surface area (Å²) >= 11 is 0. The predicted octanol–water partition coefficient (Wildman–Crippen LogP) is 1.20. The molecule has 0 radical (unpaired) electrons. The van der Waals surface area contributed by atoms with E-state index in [2.05, 4.69) is 0 Å². The van der Waals surface area contributed by atoms with Crippen LogP contribution < -0.4 is 0 Å². The van der Waals surface area contributed by atoms with Crippen LogP contribution in [0.2, 0.25) is 0 Å². The maximum atomic E-state index is 12.4. The molecule has 98 valence electrons. The van der Waals surface area contributed by atoms with Crippen LogP contribution in [0.3, 0.4) is 0 Å². The highest BCUT2D eigenvalue weighted by Crippen LogP contribution is 2.30. The lowest BCUT2D eigenvalue weighted by molar-refractivity contribution is -0.140. The quantitative estimate of drug-likeness (QED) is 0.828. The van der Waals surface area contributed by atoms with E-state index in [1.54, 1.807) is 0 Å². The van der Waals surface area contributed by atoms with Gasteiger partial charge in [0.25, 0.3) is 0 Å². The molecule has 1 unspecified atom stereocenters. The molecule has 1 saturated carbocycles. The summed E-state index contributed by atoms with van der Waals surface area (Å²) in [6.07, 6.45) is 5.44. The van der Waals surface area contributed by atoms with Crippen molar-refractivity contribution >= 4 is 16.0 Å². The Morgan fingerprint density at radius 2 is 1.71 bits per heavy atom. The second-order valence-electron chi connectivity index (χ2n) is 4.91. The van der Waals surface area contributed by atoms with Gasteiger partial charge in [-0.1, -0.05) is 19.3 Å². The van der Waals surface area contributed by atoms with Crippen LogP contribution in [0.5, 0.6) is 0 Å². The minimum absolute atomic E-state index is 0.351. The maximum absolute atomic E-state index is 12.4. The van der Waals surface area contributed by atoms with Gasteiger partial charge >= 0.3 is 5.97 Å². The van der Waals surface area contributed by atoms with Crippen molar-refractivity contribution in [1.82, 2.24) is 4.31 Å². The first-order chi connectivity index (χ1) is 8.03. The fourth-order valence-electron chi connectivity index (χ4n) is 2.85. The highest BCUT2D eigenvalue weighted by atomic mass is 32.2. The largest absolute Gasteiger partial charge is 0.480 e. The van der Waals surface area contributed by atoms with Gasteiger partial charge < -0.3 is 5.11 Å². The van der Waals surface area contributed by atoms with Crippen molar-refractivity contribution in [3.8, 4) is 0 Å². The average molecular weight is 261 g/mol. The third-order valence-corrected chi connectivity index (χ3v) is 6.19. The van der Waals surface area contributed by atoms with Gasteiger partial charge in [0.15, 0.2) is 0 Å². The van der Waals surface area contributed by atoms with E-state index in [-0.39, 0.29) is 5.25 Å². The van der Waals surface area contributed by atoms with Crippen LogP contribution >= 0.6 is 0 Å². The van der Waals surface area contributed by atoms with Gasteiger partial charge in [0.1, 0.15) is 6.04 Å². The highest BCUT2D eigenvalue weighted by Gasteiger charge is 2.42. The molecule has 1 heterocycles. The van der Waals surface area contributed by atoms with E-state index in [0.717, 1.165) is 19.3 Å². The monoisotopic (exact) mass is 261 g/mol. The van der Waals surface area contributed by atoms with E-state index >= 15 is 0 Å². The number of hydrogen-bond donors (Lipinski definition) is 1. The van der Waals surface area contributed by atoms with Crippen LogP contribution in [0.4, 0.5) is 0 Å². The van der Waals surface area contributed by atoms with Gasteiger partial charge in [-0.15, -0.1) is 0 Å². The van der Waals surface area contributed by atoms with Crippen molar-refractivity contribution in [2.75, 3.05) is 6.54 Å². The number of sulfonamides is 1. The molecule has 2 fully saturated rings. The number of carboxylic acid groups (broad SMARTS) is 1. The molecule has 0 bridgehead atoms. The third kappa shape index (κ3) is 2.47. The van der Waals surface area contributed by atoms with Gasteiger partial charge in [0.05, 0.1) is 5.25 Å². The van der Waals surface area contributed by atoms with E-state index in [1.807, 2.05) is 0 Å². The van der Waals surface area contributed by atoms with Gasteiger partial charge in [-0.3, -0.25) is 4.79 Å². The Hall–Kier alpha value is -0.620. The molecule has 2 rings (SSSR count). The number of aliphatic carboxylic acids is 1. The predicted molar refractivity (Wildman–Crippen MR) is 63.2 cm³/mol. The summed E-state index contributed by atoms with van der Waals surface area (Å²) in [6, 6.07) is -0.832. The van der Waals surface area contributed by atoms with Gasteiger partial charge in [-0.25, -0.2) is 8.42 Å². The van der Waals surface area contributed by atoms with Crippen molar-refractivity contribution in [3.63, 3.8) is 0 Å². The van der Waals surface area contributed by atoms with E-state index in [0.29, 0.717) is 32.2 Å². The summed E-state index contributed by atoms with van der Waals surface area (Å²) in [5.74, 6) is -1.01. The zero-order chi connectivity index (χ0) is 12.5. The van der Waals surface area contributed by atoms with Gasteiger partial charge in [-0.05, 0) is 25.7 Å². The molecule has 0 aromatic rings. The molecule has 2 aliphatic rings. The molecule has 5 nitrogen and oxygen atoms in total. The average Bonchev–Trinajstić information content (AvgIpc) is 2.80. The van der Waals surface area contributed by atoms with Crippen molar-refractivity contribution < 1.29 is 18.3 Å². The summed E-state index contributed by atoms with van der Waals surface area (Å²) in [7, 11) is -3.40. The molecular weight excluding hydrogens is 242 g/mol. The minimum Gasteiger partial charge on any atom is -0.480 e. The number of rotatable bonds is 3. The molecule has 1 N–H and O–H groups in total. The molecular formula is C11H19NO4S. The van der Waals surface area contributed by atoms with Crippen LogP contribution in [-0.2, 0) is 14.8 Å². The Kier molecular flexibility index (Phi) is 3.73. The maximum Gasteiger partial charge on any atom is 0.322 e. The van der Waals surface area contributed by atoms with E-state index in [9.17, 15) is 13.2 Å². The van der Waals surface area contributed by atoms with Crippen LogP contribution in [-0.4, -0.2) is 41.6 Å². The SMILES string of the molecule is O=C(O)C1CCCN1S(=O)(=O)C1CCCCC1. The normalized spacial score (nSPS) is 28.4. The van der Waals surface area contributed by atoms with Crippen LogP contribution in [0.15, 0.2) is 0 Å². The summed E-state index contributed by atoms with van der Waals surface area (Å²) in [6.45, 7) is 0.371. The number of carbonyl (C=O) groups is 1. The standard InChI is InChI=1S/C11H19NO4S/c13-11(14)10-7-4-8-12(10)17(15,16)9-5-2-1-3-6-9/h9-10H,1-8H2,(H,13,14). The van der Waals surface area contributed by atoms with E-state index < -0.39 is 22.0 Å². The van der Waals surface area contributed by atoms with Crippen molar-refractivity contribution in [2.45, 2.75) is 56.2 Å². The number of nitrogens with zero attached hydrogens (tertiary/aromatic N) is 1. The zero-order valence-corrected chi connectivity index (χ0v) is 10.7. The minimum atomic E-state index is -3.40. The summed E-state index contributed by atoms with van der Waals surface area (Å²) in [4.78, 5) is 11.0. The lowest BCUT2D eigenvalue weighted by atomic mass is 10.0. The molecule has 1 aliphatic heterocycles.